The number of nitrogens with zero attached hydrogens (tertiary/aromatic N) is 1. The fourth-order valence-corrected chi connectivity index (χ4v) is 2.85. The highest BCUT2D eigenvalue weighted by molar-refractivity contribution is 6.44. The molecule has 1 unspecified atom stereocenters. The third-order valence-electron chi connectivity index (χ3n) is 3.41. The lowest BCUT2D eigenvalue weighted by Gasteiger charge is -2.06. The molecule has 0 bridgehead atoms. The predicted octanol–water partition coefficient (Wildman–Crippen LogP) is 5.32. The van der Waals surface area contributed by atoms with Crippen LogP contribution in [0.3, 0.4) is 0 Å². The lowest BCUT2D eigenvalue weighted by Crippen LogP contribution is -1.97. The molecule has 0 radical (unpaired) electrons. The van der Waals surface area contributed by atoms with E-state index in [1.165, 1.54) is 5.56 Å². The average molecular weight is 290 g/mol. The van der Waals surface area contributed by atoms with Crippen molar-refractivity contribution in [3.05, 3.63) is 69.7 Å². The van der Waals surface area contributed by atoms with Crippen molar-refractivity contribution in [2.24, 2.45) is 4.99 Å². The molecule has 2 aromatic rings. The second kappa shape index (κ2) is 5.36. The van der Waals surface area contributed by atoms with Gasteiger partial charge in [-0.2, -0.15) is 0 Å². The van der Waals surface area contributed by atoms with Gasteiger partial charge in [0.05, 0.1) is 16.1 Å². The first-order valence-electron chi connectivity index (χ1n) is 6.31. The summed E-state index contributed by atoms with van der Waals surface area (Å²) in [4.78, 5) is 4.80. The summed E-state index contributed by atoms with van der Waals surface area (Å²) in [5.74, 6) is 0. The standard InChI is InChI=1S/C16H13Cl2N/c17-13-8-4-7-12(16(13)18)15-10-9-14(19-15)11-5-2-1-3-6-11/h1-8,14H,9-10H2. The molecule has 3 heteroatoms. The van der Waals surface area contributed by atoms with E-state index in [1.807, 2.05) is 18.2 Å². The molecule has 0 fully saturated rings. The smallest absolute Gasteiger partial charge is 0.0756 e. The summed E-state index contributed by atoms with van der Waals surface area (Å²) in [6.07, 6.45) is 1.97. The van der Waals surface area contributed by atoms with Crippen LogP contribution in [0.15, 0.2) is 53.5 Å². The highest BCUT2D eigenvalue weighted by Gasteiger charge is 2.21. The van der Waals surface area contributed by atoms with Crippen LogP contribution in [0.25, 0.3) is 0 Å². The van der Waals surface area contributed by atoms with Gasteiger partial charge in [-0.3, -0.25) is 4.99 Å². The first-order chi connectivity index (χ1) is 9.25. The van der Waals surface area contributed by atoms with E-state index < -0.39 is 0 Å². The number of rotatable bonds is 2. The third kappa shape index (κ3) is 2.54. The molecular formula is C16H13Cl2N. The zero-order valence-electron chi connectivity index (χ0n) is 10.3. The van der Waals surface area contributed by atoms with Crippen molar-refractivity contribution in [3.8, 4) is 0 Å². The molecule has 0 spiro atoms. The molecular weight excluding hydrogens is 277 g/mol. The first-order valence-corrected chi connectivity index (χ1v) is 7.07. The third-order valence-corrected chi connectivity index (χ3v) is 4.23. The fraction of sp³-hybridized carbons (Fsp3) is 0.188. The van der Waals surface area contributed by atoms with Crippen LogP contribution in [-0.2, 0) is 0 Å². The van der Waals surface area contributed by atoms with Gasteiger partial charge < -0.3 is 0 Å². The molecule has 2 aromatic carbocycles. The Morgan fingerprint density at radius 1 is 0.947 bits per heavy atom. The number of hydrogen-bond acceptors (Lipinski definition) is 1. The molecule has 3 rings (SSSR count). The Morgan fingerprint density at radius 3 is 2.53 bits per heavy atom. The van der Waals surface area contributed by atoms with Crippen LogP contribution >= 0.6 is 23.2 Å². The van der Waals surface area contributed by atoms with Crippen molar-refractivity contribution in [2.45, 2.75) is 18.9 Å². The van der Waals surface area contributed by atoms with Gasteiger partial charge in [-0.1, -0.05) is 65.7 Å². The molecule has 0 aromatic heterocycles. The van der Waals surface area contributed by atoms with E-state index in [2.05, 4.69) is 24.3 Å². The second-order valence-electron chi connectivity index (χ2n) is 4.64. The summed E-state index contributed by atoms with van der Waals surface area (Å²) in [7, 11) is 0. The van der Waals surface area contributed by atoms with Gasteiger partial charge in [0.2, 0.25) is 0 Å². The van der Waals surface area contributed by atoms with E-state index in [-0.39, 0.29) is 6.04 Å². The van der Waals surface area contributed by atoms with Gasteiger partial charge >= 0.3 is 0 Å². The summed E-state index contributed by atoms with van der Waals surface area (Å²) in [5, 5.41) is 1.20. The first kappa shape index (κ1) is 12.7. The van der Waals surface area contributed by atoms with Gasteiger partial charge in [0.25, 0.3) is 0 Å². The maximum Gasteiger partial charge on any atom is 0.0756 e. The Kier molecular flexibility index (Phi) is 3.58. The van der Waals surface area contributed by atoms with Crippen molar-refractivity contribution in [1.29, 1.82) is 0 Å². The lowest BCUT2D eigenvalue weighted by molar-refractivity contribution is 0.723. The minimum Gasteiger partial charge on any atom is -0.281 e. The van der Waals surface area contributed by atoms with Gasteiger partial charge in [0, 0.05) is 11.3 Å². The topological polar surface area (TPSA) is 12.4 Å². The summed E-state index contributed by atoms with van der Waals surface area (Å²) in [5.41, 5.74) is 3.28. The lowest BCUT2D eigenvalue weighted by atomic mass is 10.0. The minimum absolute atomic E-state index is 0.242. The van der Waals surface area contributed by atoms with Gasteiger partial charge in [-0.05, 0) is 24.5 Å². The summed E-state index contributed by atoms with van der Waals surface area (Å²) < 4.78 is 0. The molecule has 0 saturated carbocycles. The van der Waals surface area contributed by atoms with Gasteiger partial charge in [0.15, 0.2) is 0 Å². The molecule has 0 saturated heterocycles. The van der Waals surface area contributed by atoms with Crippen molar-refractivity contribution in [1.82, 2.24) is 0 Å². The molecule has 1 atom stereocenters. The van der Waals surface area contributed by atoms with E-state index in [4.69, 9.17) is 28.2 Å². The second-order valence-corrected chi connectivity index (χ2v) is 5.43. The maximum atomic E-state index is 6.25. The molecule has 0 aliphatic carbocycles. The summed E-state index contributed by atoms with van der Waals surface area (Å²) in [6.45, 7) is 0. The van der Waals surface area contributed by atoms with Crippen LogP contribution in [0.4, 0.5) is 0 Å². The number of aliphatic imine (C=N–C) groups is 1. The molecule has 0 N–H and O–H groups in total. The number of halogens is 2. The van der Waals surface area contributed by atoms with Crippen LogP contribution in [0.1, 0.15) is 30.0 Å². The molecule has 19 heavy (non-hydrogen) atoms. The van der Waals surface area contributed by atoms with Crippen LogP contribution in [-0.4, -0.2) is 5.71 Å². The van der Waals surface area contributed by atoms with Crippen molar-refractivity contribution >= 4 is 28.9 Å². The van der Waals surface area contributed by atoms with Crippen LogP contribution in [0.5, 0.6) is 0 Å². The highest BCUT2D eigenvalue weighted by Crippen LogP contribution is 2.34. The van der Waals surface area contributed by atoms with E-state index in [9.17, 15) is 0 Å². The largest absolute Gasteiger partial charge is 0.281 e. The Morgan fingerprint density at radius 2 is 1.74 bits per heavy atom. The van der Waals surface area contributed by atoms with E-state index in [0.29, 0.717) is 10.0 Å². The van der Waals surface area contributed by atoms with E-state index >= 15 is 0 Å². The van der Waals surface area contributed by atoms with Gasteiger partial charge in [-0.15, -0.1) is 0 Å². The quantitative estimate of drug-likeness (QED) is 0.710. The Balaban J connectivity index is 1.94. The molecule has 1 nitrogen and oxygen atoms in total. The van der Waals surface area contributed by atoms with Crippen molar-refractivity contribution < 1.29 is 0 Å². The Labute approximate surface area is 122 Å². The normalized spacial score (nSPS) is 18.4. The fourth-order valence-electron chi connectivity index (χ4n) is 2.44. The van der Waals surface area contributed by atoms with E-state index in [1.54, 1.807) is 6.07 Å². The Hall–Kier alpha value is -1.31. The predicted molar refractivity (Wildman–Crippen MR) is 81.4 cm³/mol. The molecule has 1 aliphatic heterocycles. The average Bonchev–Trinajstić information content (AvgIpc) is 2.92. The number of benzene rings is 2. The van der Waals surface area contributed by atoms with Gasteiger partial charge in [0.1, 0.15) is 0 Å². The highest BCUT2D eigenvalue weighted by atomic mass is 35.5. The summed E-state index contributed by atoms with van der Waals surface area (Å²) in [6, 6.07) is 16.3. The summed E-state index contributed by atoms with van der Waals surface area (Å²) >= 11 is 12.3. The zero-order chi connectivity index (χ0) is 13.2. The van der Waals surface area contributed by atoms with Gasteiger partial charge in [-0.25, -0.2) is 0 Å². The minimum atomic E-state index is 0.242. The number of hydrogen-bond donors (Lipinski definition) is 0. The molecule has 0 amide bonds. The molecule has 1 aliphatic rings. The molecule has 96 valence electrons. The van der Waals surface area contributed by atoms with Crippen molar-refractivity contribution in [3.63, 3.8) is 0 Å². The maximum absolute atomic E-state index is 6.25. The monoisotopic (exact) mass is 289 g/mol. The van der Waals surface area contributed by atoms with Crippen molar-refractivity contribution in [2.75, 3.05) is 0 Å². The molecule has 1 heterocycles. The van der Waals surface area contributed by atoms with Crippen LogP contribution in [0, 0.1) is 0 Å². The van der Waals surface area contributed by atoms with Crippen LogP contribution < -0.4 is 0 Å². The van der Waals surface area contributed by atoms with E-state index in [0.717, 1.165) is 24.1 Å². The SMILES string of the molecule is Clc1cccc(C2=NC(c3ccccc3)CC2)c1Cl. The zero-order valence-corrected chi connectivity index (χ0v) is 11.8. The van der Waals surface area contributed by atoms with Crippen LogP contribution in [0.2, 0.25) is 10.0 Å². The Bertz CT molecular complexity index is 620.